The first-order valence-corrected chi connectivity index (χ1v) is 5.85. The molecule has 0 fully saturated rings. The molecule has 2 aromatic rings. The molecule has 0 spiro atoms. The maximum atomic E-state index is 12.9. The number of hydrogen-bond acceptors (Lipinski definition) is 1. The zero-order chi connectivity index (χ0) is 14.0. The summed E-state index contributed by atoms with van der Waals surface area (Å²) in [6.45, 7) is 3.83. The van der Waals surface area contributed by atoms with Crippen molar-refractivity contribution in [1.29, 1.82) is 0 Å². The number of aryl methyl sites for hydroxylation is 1. The van der Waals surface area contributed by atoms with E-state index in [1.165, 1.54) is 12.1 Å². The Labute approximate surface area is 110 Å². The van der Waals surface area contributed by atoms with Gasteiger partial charge in [-0.25, -0.2) is 9.18 Å². The van der Waals surface area contributed by atoms with Gasteiger partial charge in [-0.3, -0.25) is 0 Å². The van der Waals surface area contributed by atoms with Gasteiger partial charge >= 0.3 is 5.97 Å². The molecule has 1 aromatic heterocycles. The van der Waals surface area contributed by atoms with Gasteiger partial charge in [0, 0.05) is 23.2 Å². The summed E-state index contributed by atoms with van der Waals surface area (Å²) in [4.78, 5) is 10.5. The number of nitrogens with zero attached hydrogens (tertiary/aromatic N) is 1. The third kappa shape index (κ3) is 2.73. The maximum absolute atomic E-state index is 12.9. The largest absolute Gasteiger partial charge is 0.478 e. The lowest BCUT2D eigenvalue weighted by Crippen LogP contribution is -1.99. The van der Waals surface area contributed by atoms with Crippen molar-refractivity contribution in [3.63, 3.8) is 0 Å². The zero-order valence-electron chi connectivity index (χ0n) is 10.7. The van der Waals surface area contributed by atoms with Crippen LogP contribution in [-0.2, 0) is 4.79 Å². The van der Waals surface area contributed by atoms with Crippen LogP contribution in [0.5, 0.6) is 0 Å². The Morgan fingerprint density at radius 1 is 1.26 bits per heavy atom. The molecule has 0 aliphatic carbocycles. The minimum Gasteiger partial charge on any atom is -0.478 e. The quantitative estimate of drug-likeness (QED) is 0.859. The van der Waals surface area contributed by atoms with Crippen molar-refractivity contribution in [2.75, 3.05) is 0 Å². The van der Waals surface area contributed by atoms with Crippen molar-refractivity contribution in [2.24, 2.45) is 0 Å². The fourth-order valence-electron chi connectivity index (χ4n) is 2.10. The van der Waals surface area contributed by atoms with E-state index in [0.29, 0.717) is 0 Å². The van der Waals surface area contributed by atoms with Gasteiger partial charge in [-0.15, -0.1) is 0 Å². The first kappa shape index (κ1) is 13.1. The molecule has 0 amide bonds. The van der Waals surface area contributed by atoms with Gasteiger partial charge in [0.25, 0.3) is 0 Å². The van der Waals surface area contributed by atoms with Gasteiger partial charge in [-0.2, -0.15) is 0 Å². The van der Waals surface area contributed by atoms with Crippen molar-refractivity contribution in [1.82, 2.24) is 4.57 Å². The van der Waals surface area contributed by atoms with Gasteiger partial charge in [0.15, 0.2) is 0 Å². The standard InChI is InChI=1S/C15H14FNO2/c1-10-9-12(3-8-15(18)19)11(2)17(10)14-6-4-13(16)5-7-14/h3-9H,1-2H3,(H,18,19). The molecule has 98 valence electrons. The van der Waals surface area contributed by atoms with Gasteiger partial charge in [-0.05, 0) is 55.8 Å². The Bertz CT molecular complexity index is 639. The molecular formula is C15H14FNO2. The van der Waals surface area contributed by atoms with E-state index in [9.17, 15) is 9.18 Å². The lowest BCUT2D eigenvalue weighted by molar-refractivity contribution is -0.131. The van der Waals surface area contributed by atoms with E-state index >= 15 is 0 Å². The zero-order valence-corrected chi connectivity index (χ0v) is 10.7. The second kappa shape index (κ2) is 5.10. The van der Waals surface area contributed by atoms with Crippen LogP contribution in [0.25, 0.3) is 11.8 Å². The molecule has 4 heteroatoms. The van der Waals surface area contributed by atoms with Gasteiger partial charge in [-0.1, -0.05) is 0 Å². The Morgan fingerprint density at radius 2 is 1.89 bits per heavy atom. The summed E-state index contributed by atoms with van der Waals surface area (Å²) in [6, 6.07) is 8.10. The van der Waals surface area contributed by atoms with Crippen molar-refractivity contribution in [3.05, 3.63) is 59.2 Å². The summed E-state index contributed by atoms with van der Waals surface area (Å²) >= 11 is 0. The molecule has 19 heavy (non-hydrogen) atoms. The lowest BCUT2D eigenvalue weighted by Gasteiger charge is -2.09. The summed E-state index contributed by atoms with van der Waals surface area (Å²) < 4.78 is 14.9. The summed E-state index contributed by atoms with van der Waals surface area (Å²) in [5.74, 6) is -1.26. The van der Waals surface area contributed by atoms with E-state index in [0.717, 1.165) is 28.7 Å². The van der Waals surface area contributed by atoms with Crippen molar-refractivity contribution in [2.45, 2.75) is 13.8 Å². The Morgan fingerprint density at radius 3 is 2.47 bits per heavy atom. The summed E-state index contributed by atoms with van der Waals surface area (Å²) in [6.07, 6.45) is 2.67. The number of carboxylic acids is 1. The highest BCUT2D eigenvalue weighted by molar-refractivity contribution is 5.85. The van der Waals surface area contributed by atoms with E-state index in [2.05, 4.69) is 0 Å². The predicted molar refractivity (Wildman–Crippen MR) is 71.9 cm³/mol. The molecule has 1 heterocycles. The SMILES string of the molecule is Cc1cc(C=CC(=O)O)c(C)n1-c1ccc(F)cc1. The van der Waals surface area contributed by atoms with E-state index in [-0.39, 0.29) is 5.82 Å². The van der Waals surface area contributed by atoms with Gasteiger partial charge in [0.2, 0.25) is 0 Å². The highest BCUT2D eigenvalue weighted by Crippen LogP contribution is 2.22. The summed E-state index contributed by atoms with van der Waals surface area (Å²) in [5.41, 5.74) is 3.58. The highest BCUT2D eigenvalue weighted by atomic mass is 19.1. The smallest absolute Gasteiger partial charge is 0.328 e. The van der Waals surface area contributed by atoms with Crippen LogP contribution in [0, 0.1) is 19.7 Å². The molecule has 3 nitrogen and oxygen atoms in total. The third-order valence-corrected chi connectivity index (χ3v) is 2.96. The van der Waals surface area contributed by atoms with E-state index in [4.69, 9.17) is 5.11 Å². The molecule has 0 aliphatic heterocycles. The van der Waals surface area contributed by atoms with Crippen LogP contribution < -0.4 is 0 Å². The van der Waals surface area contributed by atoms with Crippen molar-refractivity contribution in [3.8, 4) is 5.69 Å². The van der Waals surface area contributed by atoms with Crippen LogP contribution in [0.3, 0.4) is 0 Å². The maximum Gasteiger partial charge on any atom is 0.328 e. The predicted octanol–water partition coefficient (Wildman–Crippen LogP) is 3.33. The molecular weight excluding hydrogens is 245 g/mol. The number of carbonyl (C=O) groups is 1. The average molecular weight is 259 g/mol. The summed E-state index contributed by atoms with van der Waals surface area (Å²) in [5, 5.41) is 8.65. The van der Waals surface area contributed by atoms with Gasteiger partial charge in [0.05, 0.1) is 0 Å². The van der Waals surface area contributed by atoms with Crippen molar-refractivity contribution < 1.29 is 14.3 Å². The van der Waals surface area contributed by atoms with Crippen LogP contribution in [-0.4, -0.2) is 15.6 Å². The van der Waals surface area contributed by atoms with E-state index < -0.39 is 5.97 Å². The molecule has 0 radical (unpaired) electrons. The van der Waals surface area contributed by atoms with Crippen LogP contribution >= 0.6 is 0 Å². The number of carboxylic acid groups (broad SMARTS) is 1. The van der Waals surface area contributed by atoms with Gasteiger partial charge in [0.1, 0.15) is 5.82 Å². The van der Waals surface area contributed by atoms with Crippen LogP contribution in [0.15, 0.2) is 36.4 Å². The van der Waals surface area contributed by atoms with Crippen LogP contribution in [0.4, 0.5) is 4.39 Å². The fourth-order valence-corrected chi connectivity index (χ4v) is 2.10. The third-order valence-electron chi connectivity index (χ3n) is 2.96. The monoisotopic (exact) mass is 259 g/mol. The molecule has 0 saturated carbocycles. The van der Waals surface area contributed by atoms with Crippen molar-refractivity contribution >= 4 is 12.0 Å². The van der Waals surface area contributed by atoms with E-state index in [1.807, 2.05) is 24.5 Å². The van der Waals surface area contributed by atoms with Crippen LogP contribution in [0.2, 0.25) is 0 Å². The first-order chi connectivity index (χ1) is 8.99. The van der Waals surface area contributed by atoms with Crippen LogP contribution in [0.1, 0.15) is 17.0 Å². The minimum absolute atomic E-state index is 0.280. The molecule has 0 unspecified atom stereocenters. The normalized spacial score (nSPS) is 11.1. The number of hydrogen-bond donors (Lipinski definition) is 1. The minimum atomic E-state index is -0.980. The second-order valence-corrected chi connectivity index (χ2v) is 4.31. The first-order valence-electron chi connectivity index (χ1n) is 5.85. The Kier molecular flexibility index (Phi) is 3.51. The number of rotatable bonds is 3. The number of benzene rings is 1. The summed E-state index contributed by atoms with van der Waals surface area (Å²) in [7, 11) is 0. The van der Waals surface area contributed by atoms with Gasteiger partial charge < -0.3 is 9.67 Å². The number of aliphatic carboxylic acids is 1. The molecule has 2 rings (SSSR count). The Hall–Kier alpha value is -2.36. The molecule has 1 aromatic carbocycles. The highest BCUT2D eigenvalue weighted by Gasteiger charge is 2.09. The topological polar surface area (TPSA) is 42.2 Å². The second-order valence-electron chi connectivity index (χ2n) is 4.31. The Balaban J connectivity index is 2.47. The molecule has 1 N–H and O–H groups in total. The number of aromatic nitrogens is 1. The fraction of sp³-hybridized carbons (Fsp3) is 0.133. The average Bonchev–Trinajstić information content (AvgIpc) is 2.63. The lowest BCUT2D eigenvalue weighted by atomic mass is 10.2. The molecule has 0 atom stereocenters. The molecule has 0 bridgehead atoms. The molecule has 0 saturated heterocycles. The number of halogens is 1. The van der Waals surface area contributed by atoms with E-state index in [1.54, 1.807) is 18.2 Å². The molecule has 0 aliphatic rings.